The standard InChI is InChI=1S/C11H10O4/c1-2-3-9(12)7-4-5-10(13)8(6-7)11(14)15/h2,4-6,13H,1,3H2,(H,14,15). The van der Waals surface area contributed by atoms with Crippen molar-refractivity contribution in [1.82, 2.24) is 0 Å². The van der Waals surface area contributed by atoms with E-state index in [2.05, 4.69) is 6.58 Å². The van der Waals surface area contributed by atoms with Crippen LogP contribution in [0.4, 0.5) is 0 Å². The molecule has 0 amide bonds. The third-order valence-electron chi connectivity index (χ3n) is 1.88. The molecule has 0 saturated heterocycles. The first kappa shape index (κ1) is 11.0. The second-order valence-corrected chi connectivity index (χ2v) is 2.95. The average Bonchev–Trinajstić information content (AvgIpc) is 2.18. The number of carboxylic acid groups (broad SMARTS) is 1. The van der Waals surface area contributed by atoms with Crippen LogP contribution >= 0.6 is 0 Å². The number of phenols is 1. The quantitative estimate of drug-likeness (QED) is 0.582. The molecule has 4 nitrogen and oxygen atoms in total. The Morgan fingerprint density at radius 2 is 2.07 bits per heavy atom. The molecule has 0 unspecified atom stereocenters. The maximum atomic E-state index is 11.4. The van der Waals surface area contributed by atoms with Gasteiger partial charge < -0.3 is 10.2 Å². The lowest BCUT2D eigenvalue weighted by atomic mass is 10.0. The number of carbonyl (C=O) groups excluding carboxylic acids is 1. The highest BCUT2D eigenvalue weighted by molar-refractivity contribution is 6.00. The average molecular weight is 206 g/mol. The van der Waals surface area contributed by atoms with Crippen LogP contribution in [0.25, 0.3) is 0 Å². The number of allylic oxidation sites excluding steroid dienone is 1. The van der Waals surface area contributed by atoms with Gasteiger partial charge in [0.25, 0.3) is 0 Å². The Morgan fingerprint density at radius 3 is 2.60 bits per heavy atom. The molecule has 0 aliphatic carbocycles. The van der Waals surface area contributed by atoms with Crippen LogP contribution < -0.4 is 0 Å². The van der Waals surface area contributed by atoms with Crippen molar-refractivity contribution in [2.75, 3.05) is 0 Å². The lowest BCUT2D eigenvalue weighted by Gasteiger charge is -2.02. The lowest BCUT2D eigenvalue weighted by Crippen LogP contribution is -2.02. The summed E-state index contributed by atoms with van der Waals surface area (Å²) in [5.41, 5.74) is -0.0185. The van der Waals surface area contributed by atoms with Crippen molar-refractivity contribution in [3.05, 3.63) is 42.0 Å². The molecule has 1 rings (SSSR count). The molecular formula is C11H10O4. The molecule has 0 aliphatic rings. The molecule has 15 heavy (non-hydrogen) atoms. The van der Waals surface area contributed by atoms with Gasteiger partial charge in [-0.25, -0.2) is 4.79 Å². The third kappa shape index (κ3) is 2.43. The van der Waals surface area contributed by atoms with Crippen LogP contribution in [0.3, 0.4) is 0 Å². The fourth-order valence-electron chi connectivity index (χ4n) is 1.13. The molecule has 0 heterocycles. The summed E-state index contributed by atoms with van der Waals surface area (Å²) in [7, 11) is 0. The number of ketones is 1. The predicted octanol–water partition coefficient (Wildman–Crippen LogP) is 1.85. The zero-order valence-electron chi connectivity index (χ0n) is 7.93. The van der Waals surface area contributed by atoms with E-state index in [0.29, 0.717) is 0 Å². The van der Waals surface area contributed by atoms with Crippen molar-refractivity contribution >= 4 is 11.8 Å². The second-order valence-electron chi connectivity index (χ2n) is 2.95. The molecule has 0 aromatic heterocycles. The maximum absolute atomic E-state index is 11.4. The topological polar surface area (TPSA) is 74.6 Å². The summed E-state index contributed by atoms with van der Waals surface area (Å²) < 4.78 is 0. The molecule has 1 aromatic carbocycles. The fraction of sp³-hybridized carbons (Fsp3) is 0.0909. The Labute approximate surface area is 86.5 Å². The van der Waals surface area contributed by atoms with E-state index >= 15 is 0 Å². The summed E-state index contributed by atoms with van der Waals surface area (Å²) in [6.45, 7) is 3.41. The Hall–Kier alpha value is -2.10. The van der Waals surface area contributed by atoms with E-state index in [-0.39, 0.29) is 29.1 Å². The van der Waals surface area contributed by atoms with Gasteiger partial charge in [-0.3, -0.25) is 4.79 Å². The predicted molar refractivity (Wildman–Crippen MR) is 54.2 cm³/mol. The van der Waals surface area contributed by atoms with Gasteiger partial charge in [-0.15, -0.1) is 6.58 Å². The van der Waals surface area contributed by atoms with Gasteiger partial charge in [0, 0.05) is 12.0 Å². The SMILES string of the molecule is C=CCC(=O)c1ccc(O)c(C(=O)O)c1. The molecule has 0 atom stereocenters. The highest BCUT2D eigenvalue weighted by Gasteiger charge is 2.12. The van der Waals surface area contributed by atoms with E-state index in [0.717, 1.165) is 6.07 Å². The summed E-state index contributed by atoms with van der Waals surface area (Å²) in [5, 5.41) is 17.9. The van der Waals surface area contributed by atoms with Gasteiger partial charge in [0.1, 0.15) is 11.3 Å². The number of aromatic carboxylic acids is 1. The number of benzene rings is 1. The Kier molecular flexibility index (Phi) is 3.23. The summed E-state index contributed by atoms with van der Waals surface area (Å²) in [4.78, 5) is 22.0. The Balaban J connectivity index is 3.12. The van der Waals surface area contributed by atoms with Gasteiger partial charge in [0.2, 0.25) is 0 Å². The number of aromatic hydroxyl groups is 1. The van der Waals surface area contributed by atoms with Gasteiger partial charge in [-0.2, -0.15) is 0 Å². The first-order chi connectivity index (χ1) is 7.06. The number of Topliss-reactive ketones (excluding diaryl/α,β-unsaturated/α-hetero) is 1. The summed E-state index contributed by atoms with van der Waals surface area (Å²) in [6, 6.07) is 3.73. The highest BCUT2D eigenvalue weighted by Crippen LogP contribution is 2.19. The van der Waals surface area contributed by atoms with E-state index in [9.17, 15) is 14.7 Å². The first-order valence-electron chi connectivity index (χ1n) is 4.26. The zero-order valence-corrected chi connectivity index (χ0v) is 7.93. The van der Waals surface area contributed by atoms with Crippen LogP contribution in [0.1, 0.15) is 27.1 Å². The van der Waals surface area contributed by atoms with Crippen molar-refractivity contribution in [2.24, 2.45) is 0 Å². The molecule has 0 saturated carbocycles. The van der Waals surface area contributed by atoms with Gasteiger partial charge >= 0.3 is 5.97 Å². The number of hydrogen-bond donors (Lipinski definition) is 2. The molecule has 0 bridgehead atoms. The minimum absolute atomic E-state index is 0.143. The van der Waals surface area contributed by atoms with Crippen molar-refractivity contribution in [3.63, 3.8) is 0 Å². The molecule has 2 N–H and O–H groups in total. The van der Waals surface area contributed by atoms with Crippen LogP contribution in [0.2, 0.25) is 0 Å². The Bertz CT molecular complexity index is 421. The lowest BCUT2D eigenvalue weighted by molar-refractivity contribution is 0.0693. The van der Waals surface area contributed by atoms with Crippen LogP contribution in [0.5, 0.6) is 5.75 Å². The summed E-state index contributed by atoms with van der Waals surface area (Å²) in [5.74, 6) is -1.84. The van der Waals surface area contributed by atoms with E-state index in [4.69, 9.17) is 5.11 Å². The first-order valence-corrected chi connectivity index (χ1v) is 4.26. The third-order valence-corrected chi connectivity index (χ3v) is 1.88. The number of rotatable bonds is 4. The smallest absolute Gasteiger partial charge is 0.339 e. The van der Waals surface area contributed by atoms with Crippen molar-refractivity contribution < 1.29 is 19.8 Å². The van der Waals surface area contributed by atoms with E-state index in [1.807, 2.05) is 0 Å². The molecule has 4 heteroatoms. The molecular weight excluding hydrogens is 196 g/mol. The minimum atomic E-state index is -1.26. The van der Waals surface area contributed by atoms with Gasteiger partial charge in [0.05, 0.1) is 0 Å². The Morgan fingerprint density at radius 1 is 1.40 bits per heavy atom. The van der Waals surface area contributed by atoms with Crippen LogP contribution in [0.15, 0.2) is 30.9 Å². The second kappa shape index (κ2) is 4.41. The van der Waals surface area contributed by atoms with E-state index in [1.165, 1.54) is 18.2 Å². The van der Waals surface area contributed by atoms with Gasteiger partial charge in [0.15, 0.2) is 5.78 Å². The van der Waals surface area contributed by atoms with Crippen molar-refractivity contribution in [2.45, 2.75) is 6.42 Å². The van der Waals surface area contributed by atoms with Crippen LogP contribution in [-0.2, 0) is 0 Å². The van der Waals surface area contributed by atoms with Crippen LogP contribution in [0, 0.1) is 0 Å². The van der Waals surface area contributed by atoms with E-state index in [1.54, 1.807) is 0 Å². The molecule has 78 valence electrons. The minimum Gasteiger partial charge on any atom is -0.507 e. The molecule has 0 radical (unpaired) electrons. The number of carboxylic acids is 1. The molecule has 0 fully saturated rings. The number of carbonyl (C=O) groups is 2. The van der Waals surface area contributed by atoms with Crippen molar-refractivity contribution in [3.8, 4) is 5.75 Å². The molecule has 0 aliphatic heterocycles. The largest absolute Gasteiger partial charge is 0.507 e. The van der Waals surface area contributed by atoms with Gasteiger partial charge in [-0.1, -0.05) is 6.08 Å². The van der Waals surface area contributed by atoms with Crippen molar-refractivity contribution in [1.29, 1.82) is 0 Å². The monoisotopic (exact) mass is 206 g/mol. The highest BCUT2D eigenvalue weighted by atomic mass is 16.4. The molecule has 0 spiro atoms. The van der Waals surface area contributed by atoms with Crippen LogP contribution in [-0.4, -0.2) is 22.0 Å². The number of hydrogen-bond acceptors (Lipinski definition) is 3. The molecule has 1 aromatic rings. The fourth-order valence-corrected chi connectivity index (χ4v) is 1.13. The summed E-state index contributed by atoms with van der Waals surface area (Å²) in [6.07, 6.45) is 1.58. The normalized spacial score (nSPS) is 9.60. The maximum Gasteiger partial charge on any atom is 0.339 e. The van der Waals surface area contributed by atoms with E-state index < -0.39 is 5.97 Å². The van der Waals surface area contributed by atoms with Gasteiger partial charge in [-0.05, 0) is 18.2 Å². The zero-order chi connectivity index (χ0) is 11.4. The summed E-state index contributed by atoms with van der Waals surface area (Å²) >= 11 is 0.